The highest BCUT2D eigenvalue weighted by Gasteiger charge is 2.13. The van der Waals surface area contributed by atoms with E-state index >= 15 is 0 Å². The number of thiazole rings is 1. The number of aryl methyl sites for hydroxylation is 1. The minimum absolute atomic E-state index is 0.256. The van der Waals surface area contributed by atoms with Gasteiger partial charge in [-0.15, -0.1) is 0 Å². The van der Waals surface area contributed by atoms with Gasteiger partial charge in [-0.1, -0.05) is 22.9 Å². The monoisotopic (exact) mass is 270 g/mol. The minimum Gasteiger partial charge on any atom is -0.344 e. The quantitative estimate of drug-likeness (QED) is 0.797. The molecule has 17 heavy (non-hydrogen) atoms. The second-order valence-corrected chi connectivity index (χ2v) is 4.95. The molecule has 0 N–H and O–H groups in total. The summed E-state index contributed by atoms with van der Waals surface area (Å²) in [5.41, 5.74) is 0. The Morgan fingerprint density at radius 2 is 2.41 bits per heavy atom. The van der Waals surface area contributed by atoms with Crippen LogP contribution in [-0.2, 0) is 13.6 Å². The zero-order chi connectivity index (χ0) is 12.4. The van der Waals surface area contributed by atoms with Crippen LogP contribution in [0.3, 0.4) is 0 Å². The molecule has 0 atom stereocenters. The zero-order valence-electron chi connectivity index (χ0n) is 9.42. The van der Waals surface area contributed by atoms with Gasteiger partial charge in [0.2, 0.25) is 0 Å². The van der Waals surface area contributed by atoms with Crippen molar-refractivity contribution in [1.29, 1.82) is 0 Å². The normalized spacial score (nSPS) is 10.5. The van der Waals surface area contributed by atoms with Gasteiger partial charge in [-0.25, -0.2) is 9.97 Å². The first-order chi connectivity index (χ1) is 8.11. The van der Waals surface area contributed by atoms with Crippen molar-refractivity contribution in [2.75, 3.05) is 11.9 Å². The van der Waals surface area contributed by atoms with Crippen molar-refractivity contribution < 1.29 is 4.79 Å². The fourth-order valence-corrected chi connectivity index (χ4v) is 2.39. The maximum Gasteiger partial charge on any atom is 0.187 e. The summed E-state index contributed by atoms with van der Waals surface area (Å²) in [5, 5.41) is 0.965. The van der Waals surface area contributed by atoms with Gasteiger partial charge in [0.05, 0.1) is 6.54 Å². The fraction of sp³-hybridized carbons (Fsp3) is 0.300. The summed E-state index contributed by atoms with van der Waals surface area (Å²) in [6.07, 6.45) is 4.35. The van der Waals surface area contributed by atoms with Crippen LogP contribution in [0.15, 0.2) is 12.4 Å². The summed E-state index contributed by atoms with van der Waals surface area (Å²) in [4.78, 5) is 21.4. The summed E-state index contributed by atoms with van der Waals surface area (Å²) >= 11 is 7.10. The summed E-state index contributed by atoms with van der Waals surface area (Å²) in [6, 6.07) is 0. The molecule has 90 valence electrons. The van der Waals surface area contributed by atoms with E-state index in [4.69, 9.17) is 11.6 Å². The second-order valence-electron chi connectivity index (χ2n) is 3.58. The van der Waals surface area contributed by atoms with E-state index in [0.29, 0.717) is 16.6 Å². The maximum atomic E-state index is 10.7. The van der Waals surface area contributed by atoms with Crippen molar-refractivity contribution in [2.24, 2.45) is 7.05 Å². The molecule has 0 aromatic carbocycles. The molecule has 2 aromatic rings. The van der Waals surface area contributed by atoms with E-state index in [1.807, 2.05) is 29.8 Å². The third kappa shape index (κ3) is 2.48. The van der Waals surface area contributed by atoms with Crippen LogP contribution in [0.25, 0.3) is 0 Å². The first-order valence-electron chi connectivity index (χ1n) is 4.90. The molecule has 5 nitrogen and oxygen atoms in total. The Morgan fingerprint density at radius 3 is 2.94 bits per heavy atom. The Kier molecular flexibility index (Phi) is 3.44. The lowest BCUT2D eigenvalue weighted by Crippen LogP contribution is -2.18. The molecule has 0 aliphatic heterocycles. The number of halogens is 1. The molecular formula is C10H11ClN4OS. The van der Waals surface area contributed by atoms with Crippen molar-refractivity contribution in [1.82, 2.24) is 14.5 Å². The number of rotatable bonds is 4. The van der Waals surface area contributed by atoms with Crippen molar-refractivity contribution in [2.45, 2.75) is 6.54 Å². The Balaban J connectivity index is 2.17. The number of carbonyl (C=O) groups is 1. The number of imidazole rings is 1. The molecule has 0 fully saturated rings. The number of hydrogen-bond donors (Lipinski definition) is 0. The molecule has 2 aromatic heterocycles. The number of anilines is 1. The predicted octanol–water partition coefficient (Wildman–Crippen LogP) is 1.98. The number of hydrogen-bond acceptors (Lipinski definition) is 5. The third-order valence-corrected chi connectivity index (χ3v) is 3.83. The van der Waals surface area contributed by atoms with Gasteiger partial charge < -0.3 is 9.47 Å². The van der Waals surface area contributed by atoms with Crippen molar-refractivity contribution >= 4 is 34.4 Å². The minimum atomic E-state index is 0.256. The Morgan fingerprint density at radius 1 is 1.65 bits per heavy atom. The van der Waals surface area contributed by atoms with E-state index in [2.05, 4.69) is 9.97 Å². The lowest BCUT2D eigenvalue weighted by atomic mass is 10.5. The average Bonchev–Trinajstić information content (AvgIpc) is 2.86. The van der Waals surface area contributed by atoms with E-state index in [0.717, 1.165) is 12.1 Å². The van der Waals surface area contributed by atoms with E-state index < -0.39 is 0 Å². The van der Waals surface area contributed by atoms with Crippen LogP contribution in [0.2, 0.25) is 5.15 Å². The topological polar surface area (TPSA) is 51.0 Å². The van der Waals surface area contributed by atoms with E-state index in [1.165, 1.54) is 11.3 Å². The maximum absolute atomic E-state index is 10.7. The van der Waals surface area contributed by atoms with Crippen LogP contribution in [0.5, 0.6) is 0 Å². The van der Waals surface area contributed by atoms with Gasteiger partial charge in [-0.05, 0) is 0 Å². The van der Waals surface area contributed by atoms with Gasteiger partial charge in [0.1, 0.15) is 10.7 Å². The van der Waals surface area contributed by atoms with Gasteiger partial charge in [-0.3, -0.25) is 4.79 Å². The van der Waals surface area contributed by atoms with Crippen LogP contribution in [0, 0.1) is 0 Å². The number of carbonyl (C=O) groups excluding carboxylic acids is 1. The Labute approximate surface area is 108 Å². The van der Waals surface area contributed by atoms with Gasteiger partial charge in [-0.2, -0.15) is 0 Å². The number of aldehydes is 1. The summed E-state index contributed by atoms with van der Waals surface area (Å²) < 4.78 is 1.94. The van der Waals surface area contributed by atoms with E-state index in [-0.39, 0.29) is 5.15 Å². The molecule has 0 amide bonds. The lowest BCUT2D eigenvalue weighted by Gasteiger charge is -2.14. The van der Waals surface area contributed by atoms with Gasteiger partial charge in [0, 0.05) is 26.5 Å². The van der Waals surface area contributed by atoms with Crippen LogP contribution in [0.4, 0.5) is 5.13 Å². The molecule has 7 heteroatoms. The molecule has 2 rings (SSSR count). The van der Waals surface area contributed by atoms with Gasteiger partial charge in [0.15, 0.2) is 16.6 Å². The molecule has 0 bridgehead atoms. The summed E-state index contributed by atoms with van der Waals surface area (Å²) in [6.45, 7) is 0.617. The molecule has 0 spiro atoms. The summed E-state index contributed by atoms with van der Waals surface area (Å²) in [7, 11) is 3.82. The lowest BCUT2D eigenvalue weighted by molar-refractivity contribution is 0.112. The van der Waals surface area contributed by atoms with E-state index in [1.54, 1.807) is 6.20 Å². The fourth-order valence-electron chi connectivity index (χ4n) is 1.37. The van der Waals surface area contributed by atoms with Crippen LogP contribution in [0.1, 0.15) is 15.5 Å². The molecule has 0 radical (unpaired) electrons. The average molecular weight is 271 g/mol. The third-order valence-electron chi connectivity index (χ3n) is 2.33. The predicted molar refractivity (Wildman–Crippen MR) is 67.8 cm³/mol. The number of nitrogens with zero attached hydrogens (tertiary/aromatic N) is 4. The van der Waals surface area contributed by atoms with Crippen molar-refractivity contribution in [3.8, 4) is 0 Å². The van der Waals surface area contributed by atoms with Crippen molar-refractivity contribution in [3.63, 3.8) is 0 Å². The van der Waals surface area contributed by atoms with Crippen LogP contribution >= 0.6 is 22.9 Å². The molecular weight excluding hydrogens is 260 g/mol. The highest BCUT2D eigenvalue weighted by molar-refractivity contribution is 7.17. The van der Waals surface area contributed by atoms with Gasteiger partial charge in [0.25, 0.3) is 0 Å². The van der Waals surface area contributed by atoms with Gasteiger partial charge >= 0.3 is 0 Å². The molecule has 0 aliphatic rings. The first-order valence-corrected chi connectivity index (χ1v) is 6.10. The largest absolute Gasteiger partial charge is 0.344 e. The van der Waals surface area contributed by atoms with E-state index in [9.17, 15) is 4.79 Å². The molecule has 0 saturated heterocycles. The van der Waals surface area contributed by atoms with Crippen LogP contribution in [-0.4, -0.2) is 27.9 Å². The SMILES string of the molecule is CN(Cc1nccn1C)c1nc(Cl)c(C=O)s1. The Hall–Kier alpha value is -1.40. The summed E-state index contributed by atoms with van der Waals surface area (Å²) in [5.74, 6) is 0.923. The van der Waals surface area contributed by atoms with Crippen molar-refractivity contribution in [3.05, 3.63) is 28.2 Å². The number of aromatic nitrogens is 3. The molecule has 2 heterocycles. The molecule has 0 aliphatic carbocycles. The zero-order valence-corrected chi connectivity index (χ0v) is 11.0. The smallest absolute Gasteiger partial charge is 0.187 e. The highest BCUT2D eigenvalue weighted by Crippen LogP contribution is 2.28. The van der Waals surface area contributed by atoms with Crippen LogP contribution < -0.4 is 4.90 Å². The molecule has 0 unspecified atom stereocenters. The second kappa shape index (κ2) is 4.85. The highest BCUT2D eigenvalue weighted by atomic mass is 35.5. The Bertz CT molecular complexity index is 536. The standard InChI is InChI=1S/C10H11ClN4OS/c1-14-4-3-12-8(14)5-15(2)10-13-9(11)7(6-16)17-10/h3-4,6H,5H2,1-2H3. The first kappa shape index (κ1) is 12.1. The molecule has 0 saturated carbocycles.